The number of ether oxygens (including phenoxy) is 2. The largest absolute Gasteiger partial charge is 0.424 e. The third-order valence-corrected chi connectivity index (χ3v) is 1.70. The van der Waals surface area contributed by atoms with Gasteiger partial charge in [-0.15, -0.1) is 0 Å². The van der Waals surface area contributed by atoms with E-state index in [4.69, 9.17) is 0 Å². The normalized spacial score (nSPS) is 11.9. The number of imidazole rings is 1. The minimum absolute atomic E-state index is 0.262. The van der Waals surface area contributed by atoms with Crippen molar-refractivity contribution in [2.45, 2.75) is 6.11 Å². The summed E-state index contributed by atoms with van der Waals surface area (Å²) in [4.78, 5) is 13.7. The van der Waals surface area contributed by atoms with Gasteiger partial charge >= 0.3 is 12.1 Å². The molecule has 0 saturated heterocycles. The average Bonchev–Trinajstić information content (AvgIpc) is 2.58. The van der Waals surface area contributed by atoms with Crippen LogP contribution in [0.25, 0.3) is 11.2 Å². The van der Waals surface area contributed by atoms with Crippen LogP contribution in [0.2, 0.25) is 0 Å². The highest BCUT2D eigenvalue weighted by atomic mass is 19.3. The van der Waals surface area contributed by atoms with E-state index >= 15 is 0 Å². The Kier molecular flexibility index (Phi) is 2.65. The molecule has 1 N–H and O–H groups in total. The van der Waals surface area contributed by atoms with E-state index < -0.39 is 12.7 Å². The summed E-state index contributed by atoms with van der Waals surface area (Å²) >= 11 is 0. The summed E-state index contributed by atoms with van der Waals surface area (Å²) in [6.45, 7) is -0.851. The fraction of sp³-hybridized carbons (Fsp3) is 0.375. The molecule has 2 aromatic heterocycles. The van der Waals surface area contributed by atoms with Gasteiger partial charge < -0.3 is 14.5 Å². The van der Waals surface area contributed by atoms with Gasteiger partial charge in [0, 0.05) is 7.11 Å². The Balaban J connectivity index is 2.21. The molecule has 0 aliphatic rings. The molecule has 0 aliphatic heterocycles. The summed E-state index contributed by atoms with van der Waals surface area (Å²) in [5.74, 6) is 0. The fourth-order valence-electron chi connectivity index (χ4n) is 1.13. The summed E-state index contributed by atoms with van der Waals surface area (Å²) in [5, 5.41) is 0. The van der Waals surface area contributed by atoms with Gasteiger partial charge in [-0.1, -0.05) is 0 Å². The van der Waals surface area contributed by atoms with E-state index in [0.29, 0.717) is 5.52 Å². The number of nitrogens with one attached hydrogen (secondary N) is 1. The molecule has 0 spiro atoms. The lowest BCUT2D eigenvalue weighted by atomic mass is 10.6. The molecule has 2 aromatic rings. The van der Waals surface area contributed by atoms with Gasteiger partial charge in [-0.3, -0.25) is 0 Å². The van der Waals surface area contributed by atoms with Crippen molar-refractivity contribution in [1.29, 1.82) is 0 Å². The van der Waals surface area contributed by atoms with Crippen molar-refractivity contribution >= 4 is 11.2 Å². The topological polar surface area (TPSA) is 72.9 Å². The number of aromatic nitrogens is 4. The van der Waals surface area contributed by atoms with Crippen LogP contribution in [0.15, 0.2) is 12.5 Å². The lowest BCUT2D eigenvalue weighted by Crippen LogP contribution is -2.30. The van der Waals surface area contributed by atoms with Gasteiger partial charge in [0.25, 0.3) is 0 Å². The molecule has 0 unspecified atom stereocenters. The highest BCUT2D eigenvalue weighted by molar-refractivity contribution is 5.69. The van der Waals surface area contributed by atoms with E-state index in [1.807, 2.05) is 0 Å². The van der Waals surface area contributed by atoms with Crippen molar-refractivity contribution in [2.24, 2.45) is 0 Å². The van der Waals surface area contributed by atoms with Gasteiger partial charge in [0.15, 0.2) is 5.65 Å². The predicted octanol–water partition coefficient (Wildman–Crippen LogP) is 0.971. The molecular formula is C8H8F2N4O2. The lowest BCUT2D eigenvalue weighted by Gasteiger charge is -2.14. The van der Waals surface area contributed by atoms with Crippen molar-refractivity contribution < 1.29 is 18.3 Å². The van der Waals surface area contributed by atoms with Crippen LogP contribution < -0.4 is 4.74 Å². The number of H-pyrrole nitrogens is 1. The number of nitrogens with zero attached hydrogens (tertiary/aromatic N) is 3. The van der Waals surface area contributed by atoms with Gasteiger partial charge in [-0.05, 0) is 0 Å². The zero-order valence-corrected chi connectivity index (χ0v) is 8.28. The number of rotatable bonds is 4. The highest BCUT2D eigenvalue weighted by Crippen LogP contribution is 2.20. The van der Waals surface area contributed by atoms with Crippen LogP contribution in [-0.2, 0) is 4.74 Å². The molecule has 16 heavy (non-hydrogen) atoms. The first-order valence-electron chi connectivity index (χ1n) is 4.32. The molecule has 0 radical (unpaired) electrons. The summed E-state index contributed by atoms with van der Waals surface area (Å²) < 4.78 is 34.6. The number of hydrogen-bond acceptors (Lipinski definition) is 5. The van der Waals surface area contributed by atoms with Crippen molar-refractivity contribution in [1.82, 2.24) is 19.9 Å². The number of alkyl halides is 2. The second-order valence-electron chi connectivity index (χ2n) is 2.97. The van der Waals surface area contributed by atoms with E-state index in [0.717, 1.165) is 7.11 Å². The van der Waals surface area contributed by atoms with Gasteiger partial charge in [0.05, 0.1) is 6.20 Å². The third kappa shape index (κ3) is 2.22. The van der Waals surface area contributed by atoms with Crippen LogP contribution in [0.4, 0.5) is 8.78 Å². The Morgan fingerprint density at radius 1 is 1.50 bits per heavy atom. The smallest absolute Gasteiger partial charge is 0.398 e. The minimum Gasteiger partial charge on any atom is -0.398 e. The molecular weight excluding hydrogens is 222 g/mol. The standard InChI is InChI=1S/C8H8F2N4O2/c1-15-3-8(9,10)16-7-13-5-2-11-4-12-6(5)14-7/h2,4H,3H2,1H3,(H,11,12,13,14). The quantitative estimate of drug-likeness (QED) is 0.847. The van der Waals surface area contributed by atoms with E-state index in [9.17, 15) is 8.78 Å². The lowest BCUT2D eigenvalue weighted by molar-refractivity contribution is -0.209. The van der Waals surface area contributed by atoms with Crippen molar-refractivity contribution in [3.8, 4) is 6.01 Å². The summed E-state index contributed by atoms with van der Waals surface area (Å²) in [6, 6.07) is -0.322. The van der Waals surface area contributed by atoms with Crippen molar-refractivity contribution in [3.63, 3.8) is 0 Å². The van der Waals surface area contributed by atoms with E-state index in [1.165, 1.54) is 12.5 Å². The van der Waals surface area contributed by atoms with Crippen LogP contribution in [0.3, 0.4) is 0 Å². The van der Waals surface area contributed by atoms with Crippen molar-refractivity contribution in [2.75, 3.05) is 13.7 Å². The fourth-order valence-corrected chi connectivity index (χ4v) is 1.13. The van der Waals surface area contributed by atoms with Crippen LogP contribution in [0, 0.1) is 0 Å². The number of hydrogen-bond donors (Lipinski definition) is 1. The molecule has 0 aliphatic carbocycles. The molecule has 0 aromatic carbocycles. The predicted molar refractivity (Wildman–Crippen MR) is 49.1 cm³/mol. The van der Waals surface area contributed by atoms with Gasteiger partial charge in [-0.25, -0.2) is 9.97 Å². The maximum Gasteiger partial charge on any atom is 0.424 e. The maximum atomic E-state index is 13.0. The van der Waals surface area contributed by atoms with E-state index in [2.05, 4.69) is 29.4 Å². The first kappa shape index (κ1) is 10.7. The molecule has 2 rings (SSSR count). The Morgan fingerprint density at radius 3 is 3.00 bits per heavy atom. The number of fused-ring (bicyclic) bond motifs is 1. The molecule has 0 fully saturated rings. The average molecular weight is 230 g/mol. The Labute approximate surface area is 88.6 Å². The molecule has 0 bridgehead atoms. The highest BCUT2D eigenvalue weighted by Gasteiger charge is 2.33. The molecule has 0 saturated carbocycles. The van der Waals surface area contributed by atoms with Crippen LogP contribution in [0.1, 0.15) is 0 Å². The Bertz CT molecular complexity index is 455. The minimum atomic E-state index is -3.43. The van der Waals surface area contributed by atoms with Gasteiger partial charge in [-0.2, -0.15) is 13.8 Å². The molecule has 86 valence electrons. The zero-order chi connectivity index (χ0) is 11.6. The Morgan fingerprint density at radius 2 is 2.31 bits per heavy atom. The van der Waals surface area contributed by atoms with E-state index in [1.54, 1.807) is 0 Å². The summed E-state index contributed by atoms with van der Waals surface area (Å²) in [5.41, 5.74) is 0.684. The third-order valence-electron chi connectivity index (χ3n) is 1.70. The maximum absolute atomic E-state index is 13.0. The molecule has 2 heterocycles. The summed E-state index contributed by atoms with van der Waals surface area (Å²) in [6.07, 6.45) is -0.757. The molecule has 6 nitrogen and oxygen atoms in total. The summed E-state index contributed by atoms with van der Waals surface area (Å²) in [7, 11) is 1.15. The monoisotopic (exact) mass is 230 g/mol. The first-order chi connectivity index (χ1) is 7.61. The van der Waals surface area contributed by atoms with Crippen LogP contribution in [-0.4, -0.2) is 39.8 Å². The van der Waals surface area contributed by atoms with Crippen LogP contribution >= 0.6 is 0 Å². The number of methoxy groups -OCH3 is 1. The van der Waals surface area contributed by atoms with Gasteiger partial charge in [0.1, 0.15) is 18.5 Å². The zero-order valence-electron chi connectivity index (χ0n) is 8.28. The van der Waals surface area contributed by atoms with Crippen LogP contribution in [0.5, 0.6) is 6.01 Å². The molecule has 8 heteroatoms. The SMILES string of the molecule is COCC(F)(F)Oc1nc2ncncc2[nH]1. The second-order valence-corrected chi connectivity index (χ2v) is 2.97. The Hall–Kier alpha value is -1.83. The number of halogens is 2. The van der Waals surface area contributed by atoms with Gasteiger partial charge in [0.2, 0.25) is 0 Å². The number of aromatic amines is 1. The van der Waals surface area contributed by atoms with E-state index in [-0.39, 0.29) is 11.7 Å². The first-order valence-corrected chi connectivity index (χ1v) is 4.32. The molecule has 0 atom stereocenters. The van der Waals surface area contributed by atoms with Crippen molar-refractivity contribution in [3.05, 3.63) is 12.5 Å². The molecule has 0 amide bonds. The second kappa shape index (κ2) is 3.97.